The predicted octanol–water partition coefficient (Wildman–Crippen LogP) is 1.83. The van der Waals surface area contributed by atoms with Crippen LogP contribution in [-0.4, -0.2) is 32.9 Å². The van der Waals surface area contributed by atoms with Gasteiger partial charge in [0.05, 0.1) is 19.8 Å². The van der Waals surface area contributed by atoms with Gasteiger partial charge in [0, 0.05) is 13.1 Å². The van der Waals surface area contributed by atoms with Crippen LogP contribution in [0, 0.1) is 11.3 Å². The standard InChI is InChI=1S/C12H17N3O2S/c1-3-8-7-15(4-5-17-8)12-11(16-2)10(14)9(6-13)18-12/h8H,3-5,7,14H2,1-2H3. The summed E-state index contributed by atoms with van der Waals surface area (Å²) in [5.74, 6) is 0.619. The molecule has 1 aromatic heterocycles. The van der Waals surface area contributed by atoms with Crippen molar-refractivity contribution in [1.29, 1.82) is 5.26 Å². The number of anilines is 2. The highest BCUT2D eigenvalue weighted by Crippen LogP contribution is 2.44. The molecule has 98 valence electrons. The molecule has 2 N–H and O–H groups in total. The van der Waals surface area contributed by atoms with Crippen LogP contribution in [0.1, 0.15) is 18.2 Å². The van der Waals surface area contributed by atoms with Gasteiger partial charge in [0.15, 0.2) is 5.75 Å². The number of nitriles is 1. The first-order valence-corrected chi connectivity index (χ1v) is 6.75. The fourth-order valence-corrected chi connectivity index (χ4v) is 3.08. The van der Waals surface area contributed by atoms with Crippen molar-refractivity contribution in [2.45, 2.75) is 19.4 Å². The molecule has 1 fully saturated rings. The lowest BCUT2D eigenvalue weighted by Crippen LogP contribution is -2.41. The fourth-order valence-electron chi connectivity index (χ4n) is 2.06. The predicted molar refractivity (Wildman–Crippen MR) is 72.2 cm³/mol. The number of nitrogen functional groups attached to an aromatic ring is 1. The van der Waals surface area contributed by atoms with Gasteiger partial charge in [0.25, 0.3) is 0 Å². The minimum atomic E-state index is 0.234. The second-order valence-corrected chi connectivity index (χ2v) is 5.14. The molecule has 0 radical (unpaired) electrons. The highest BCUT2D eigenvalue weighted by molar-refractivity contribution is 7.17. The van der Waals surface area contributed by atoms with Crippen molar-refractivity contribution in [1.82, 2.24) is 0 Å². The van der Waals surface area contributed by atoms with E-state index in [9.17, 15) is 0 Å². The number of hydrogen-bond donors (Lipinski definition) is 1. The topological polar surface area (TPSA) is 71.5 Å². The zero-order valence-electron chi connectivity index (χ0n) is 10.6. The van der Waals surface area contributed by atoms with E-state index in [0.29, 0.717) is 22.9 Å². The lowest BCUT2D eigenvalue weighted by atomic mass is 10.2. The van der Waals surface area contributed by atoms with Crippen molar-refractivity contribution >= 4 is 22.0 Å². The SMILES string of the molecule is CCC1CN(c2sc(C#N)c(N)c2OC)CCO1. The number of rotatable bonds is 3. The second kappa shape index (κ2) is 5.46. The van der Waals surface area contributed by atoms with E-state index in [1.54, 1.807) is 7.11 Å². The van der Waals surface area contributed by atoms with E-state index in [2.05, 4.69) is 17.9 Å². The molecule has 1 aliphatic heterocycles. The summed E-state index contributed by atoms with van der Waals surface area (Å²) in [7, 11) is 1.58. The van der Waals surface area contributed by atoms with E-state index in [0.717, 1.165) is 24.5 Å². The Morgan fingerprint density at radius 2 is 2.44 bits per heavy atom. The summed E-state index contributed by atoms with van der Waals surface area (Å²) in [6.07, 6.45) is 1.21. The van der Waals surface area contributed by atoms with E-state index in [1.807, 2.05) is 0 Å². The highest BCUT2D eigenvalue weighted by Gasteiger charge is 2.26. The van der Waals surface area contributed by atoms with Crippen molar-refractivity contribution < 1.29 is 9.47 Å². The maximum atomic E-state index is 9.03. The molecule has 0 spiro atoms. The Morgan fingerprint density at radius 3 is 3.06 bits per heavy atom. The molecule has 2 heterocycles. The number of methoxy groups -OCH3 is 1. The number of morpholine rings is 1. The van der Waals surface area contributed by atoms with E-state index in [-0.39, 0.29) is 6.10 Å². The summed E-state index contributed by atoms with van der Waals surface area (Å²) in [5.41, 5.74) is 6.35. The van der Waals surface area contributed by atoms with Crippen LogP contribution in [0.3, 0.4) is 0 Å². The van der Waals surface area contributed by atoms with Gasteiger partial charge < -0.3 is 20.1 Å². The summed E-state index contributed by atoms with van der Waals surface area (Å²) >= 11 is 1.39. The van der Waals surface area contributed by atoms with Crippen LogP contribution in [0.25, 0.3) is 0 Å². The number of thiophene rings is 1. The van der Waals surface area contributed by atoms with Crippen LogP contribution in [0.4, 0.5) is 10.7 Å². The average molecular weight is 267 g/mol. The summed E-state index contributed by atoms with van der Waals surface area (Å²) < 4.78 is 11.0. The van der Waals surface area contributed by atoms with Gasteiger partial charge in [0.1, 0.15) is 21.6 Å². The van der Waals surface area contributed by atoms with Gasteiger partial charge in [-0.2, -0.15) is 5.26 Å². The van der Waals surface area contributed by atoms with Gasteiger partial charge in [0.2, 0.25) is 0 Å². The molecule has 0 aromatic carbocycles. The Hall–Kier alpha value is -1.45. The van der Waals surface area contributed by atoms with Crippen LogP contribution in [0.2, 0.25) is 0 Å². The van der Waals surface area contributed by atoms with Crippen LogP contribution < -0.4 is 15.4 Å². The maximum Gasteiger partial charge on any atom is 0.177 e. The third-order valence-corrected chi connectivity index (χ3v) is 4.22. The third kappa shape index (κ3) is 2.24. The van der Waals surface area contributed by atoms with E-state index >= 15 is 0 Å². The molecule has 18 heavy (non-hydrogen) atoms. The molecule has 5 nitrogen and oxygen atoms in total. The van der Waals surface area contributed by atoms with E-state index in [4.69, 9.17) is 20.5 Å². The molecule has 2 rings (SSSR count). The van der Waals surface area contributed by atoms with Crippen molar-refractivity contribution in [2.24, 2.45) is 0 Å². The molecular weight excluding hydrogens is 250 g/mol. The van der Waals surface area contributed by atoms with Crippen LogP contribution in [0.15, 0.2) is 0 Å². The summed E-state index contributed by atoms with van der Waals surface area (Å²) in [6, 6.07) is 2.11. The molecule has 0 saturated carbocycles. The van der Waals surface area contributed by atoms with Crippen molar-refractivity contribution in [3.8, 4) is 11.8 Å². The molecule has 0 amide bonds. The van der Waals surface area contributed by atoms with Gasteiger partial charge in [-0.1, -0.05) is 6.92 Å². The van der Waals surface area contributed by atoms with Crippen molar-refractivity contribution in [3.05, 3.63) is 4.88 Å². The van der Waals surface area contributed by atoms with Crippen LogP contribution in [-0.2, 0) is 4.74 Å². The Balaban J connectivity index is 2.30. The molecule has 0 aliphatic carbocycles. The molecule has 1 aromatic rings. The Labute approximate surface area is 111 Å². The quantitative estimate of drug-likeness (QED) is 0.904. The second-order valence-electron chi connectivity index (χ2n) is 4.14. The zero-order chi connectivity index (χ0) is 13.1. The van der Waals surface area contributed by atoms with E-state index < -0.39 is 0 Å². The zero-order valence-corrected chi connectivity index (χ0v) is 11.4. The Morgan fingerprint density at radius 1 is 1.67 bits per heavy atom. The molecule has 0 bridgehead atoms. The lowest BCUT2D eigenvalue weighted by molar-refractivity contribution is 0.0385. The fraction of sp³-hybridized carbons (Fsp3) is 0.583. The lowest BCUT2D eigenvalue weighted by Gasteiger charge is -2.33. The maximum absolute atomic E-state index is 9.03. The van der Waals surface area contributed by atoms with Crippen LogP contribution in [0.5, 0.6) is 5.75 Å². The molecule has 6 heteroatoms. The molecule has 1 saturated heterocycles. The molecule has 1 aliphatic rings. The van der Waals surface area contributed by atoms with Crippen molar-refractivity contribution in [2.75, 3.05) is 37.4 Å². The van der Waals surface area contributed by atoms with Gasteiger partial charge in [-0.3, -0.25) is 0 Å². The highest BCUT2D eigenvalue weighted by atomic mass is 32.1. The van der Waals surface area contributed by atoms with Crippen LogP contribution >= 0.6 is 11.3 Å². The summed E-state index contributed by atoms with van der Waals surface area (Å²) in [4.78, 5) is 2.71. The Bertz CT molecular complexity index is 467. The van der Waals surface area contributed by atoms with Crippen molar-refractivity contribution in [3.63, 3.8) is 0 Å². The normalized spacial score (nSPS) is 19.6. The minimum Gasteiger partial charge on any atom is -0.492 e. The molecular formula is C12H17N3O2S. The number of hydrogen-bond acceptors (Lipinski definition) is 6. The first-order chi connectivity index (χ1) is 8.71. The summed E-state index contributed by atoms with van der Waals surface area (Å²) in [6.45, 7) is 4.42. The first-order valence-electron chi connectivity index (χ1n) is 5.94. The summed E-state index contributed by atoms with van der Waals surface area (Å²) in [5, 5.41) is 9.97. The van der Waals surface area contributed by atoms with Gasteiger partial charge >= 0.3 is 0 Å². The average Bonchev–Trinajstić information content (AvgIpc) is 2.75. The van der Waals surface area contributed by atoms with E-state index in [1.165, 1.54) is 11.3 Å². The Kier molecular flexibility index (Phi) is 3.94. The number of nitrogens with zero attached hydrogens (tertiary/aromatic N) is 2. The molecule has 1 unspecified atom stereocenters. The van der Waals surface area contributed by atoms with Gasteiger partial charge in [-0.25, -0.2) is 0 Å². The number of nitrogens with two attached hydrogens (primary N) is 1. The monoisotopic (exact) mass is 267 g/mol. The smallest absolute Gasteiger partial charge is 0.177 e. The number of ether oxygens (including phenoxy) is 2. The largest absolute Gasteiger partial charge is 0.492 e. The first kappa shape index (κ1) is 13.0. The molecule has 1 atom stereocenters. The van der Waals surface area contributed by atoms with Gasteiger partial charge in [-0.05, 0) is 6.42 Å². The third-order valence-electron chi connectivity index (χ3n) is 3.07. The minimum absolute atomic E-state index is 0.234. The van der Waals surface area contributed by atoms with Gasteiger partial charge in [-0.15, -0.1) is 11.3 Å².